The van der Waals surface area contributed by atoms with Gasteiger partial charge in [-0.3, -0.25) is 14.3 Å². The van der Waals surface area contributed by atoms with Crippen LogP contribution in [0.4, 0.5) is 0 Å². The minimum Gasteiger partial charge on any atom is -0.297 e. The van der Waals surface area contributed by atoms with E-state index in [9.17, 15) is 9.59 Å². The zero-order valence-corrected chi connectivity index (χ0v) is 12.2. The standard InChI is InChI=1S/C12H17ClN2O2S/c1-3-8-9(13)14-11(17)15(10(8)16)7-12(18-2)5-4-6-12/h3-7H2,1-2H3,(H,14,17). The summed E-state index contributed by atoms with van der Waals surface area (Å²) >= 11 is 7.63. The Bertz CT molecular complexity index is 555. The van der Waals surface area contributed by atoms with E-state index in [1.165, 1.54) is 11.0 Å². The van der Waals surface area contributed by atoms with E-state index >= 15 is 0 Å². The summed E-state index contributed by atoms with van der Waals surface area (Å²) in [5.74, 6) is 0. The van der Waals surface area contributed by atoms with Gasteiger partial charge in [0.2, 0.25) is 0 Å². The number of aromatic amines is 1. The molecule has 0 aromatic carbocycles. The highest BCUT2D eigenvalue weighted by atomic mass is 35.5. The molecule has 2 rings (SSSR count). The van der Waals surface area contributed by atoms with Crippen molar-refractivity contribution in [3.63, 3.8) is 0 Å². The van der Waals surface area contributed by atoms with Gasteiger partial charge in [-0.2, -0.15) is 11.8 Å². The number of thioether (sulfide) groups is 1. The van der Waals surface area contributed by atoms with Crippen LogP contribution >= 0.6 is 23.4 Å². The van der Waals surface area contributed by atoms with E-state index < -0.39 is 5.69 Å². The predicted octanol–water partition coefficient (Wildman–Crippen LogP) is 2.04. The second kappa shape index (κ2) is 5.13. The zero-order chi connectivity index (χ0) is 13.3. The Balaban J connectivity index is 2.45. The number of hydrogen-bond acceptors (Lipinski definition) is 3. The van der Waals surface area contributed by atoms with E-state index in [1.54, 1.807) is 11.8 Å². The molecular formula is C12H17ClN2O2S. The first kappa shape index (κ1) is 13.7. The van der Waals surface area contributed by atoms with Crippen molar-refractivity contribution in [2.75, 3.05) is 6.26 Å². The van der Waals surface area contributed by atoms with Crippen molar-refractivity contribution in [3.05, 3.63) is 31.6 Å². The van der Waals surface area contributed by atoms with Crippen LogP contribution in [0.2, 0.25) is 5.15 Å². The van der Waals surface area contributed by atoms with E-state index in [0.717, 1.165) is 12.8 Å². The summed E-state index contributed by atoms with van der Waals surface area (Å²) in [6, 6.07) is 0. The number of nitrogens with one attached hydrogen (secondary N) is 1. The lowest BCUT2D eigenvalue weighted by Crippen LogP contribution is -2.47. The fourth-order valence-electron chi connectivity index (χ4n) is 2.32. The first-order chi connectivity index (χ1) is 8.53. The maximum atomic E-state index is 12.2. The molecule has 1 aliphatic carbocycles. The van der Waals surface area contributed by atoms with E-state index in [1.807, 2.05) is 13.2 Å². The highest BCUT2D eigenvalue weighted by molar-refractivity contribution is 8.00. The van der Waals surface area contributed by atoms with Gasteiger partial charge in [-0.1, -0.05) is 24.9 Å². The first-order valence-electron chi connectivity index (χ1n) is 6.09. The molecule has 1 aromatic heterocycles. The summed E-state index contributed by atoms with van der Waals surface area (Å²) in [6.07, 6.45) is 5.85. The molecule has 1 aromatic rings. The quantitative estimate of drug-likeness (QED) is 0.863. The maximum absolute atomic E-state index is 12.2. The van der Waals surface area contributed by atoms with Gasteiger partial charge in [-0.25, -0.2) is 4.79 Å². The molecule has 1 aliphatic rings. The van der Waals surface area contributed by atoms with Crippen LogP contribution in [0.15, 0.2) is 9.59 Å². The van der Waals surface area contributed by atoms with Crippen molar-refractivity contribution in [1.82, 2.24) is 9.55 Å². The summed E-state index contributed by atoms with van der Waals surface area (Å²) in [5, 5.41) is 0.176. The van der Waals surface area contributed by atoms with Gasteiger partial charge >= 0.3 is 5.69 Å². The Hall–Kier alpha value is -0.680. The third kappa shape index (κ3) is 2.26. The van der Waals surface area contributed by atoms with Gasteiger partial charge in [0.05, 0.1) is 5.56 Å². The zero-order valence-electron chi connectivity index (χ0n) is 10.6. The summed E-state index contributed by atoms with van der Waals surface area (Å²) < 4.78 is 1.36. The van der Waals surface area contributed by atoms with Crippen LogP contribution in [0.1, 0.15) is 31.7 Å². The van der Waals surface area contributed by atoms with Crippen molar-refractivity contribution in [3.8, 4) is 0 Å². The summed E-state index contributed by atoms with van der Waals surface area (Å²) in [6.45, 7) is 2.34. The van der Waals surface area contributed by atoms with E-state index in [-0.39, 0.29) is 15.5 Å². The van der Waals surface area contributed by atoms with Crippen LogP contribution in [0.3, 0.4) is 0 Å². The molecule has 0 saturated heterocycles. The fourth-order valence-corrected chi connectivity index (χ4v) is 3.57. The normalized spacial score (nSPS) is 17.5. The molecule has 0 bridgehead atoms. The Morgan fingerprint density at radius 1 is 1.44 bits per heavy atom. The third-order valence-corrected chi connectivity index (χ3v) is 5.45. The SMILES string of the molecule is CCc1c(Cl)[nH]c(=O)n(CC2(SC)CCC2)c1=O. The average Bonchev–Trinajstić information content (AvgIpc) is 2.27. The minimum atomic E-state index is -0.400. The van der Waals surface area contributed by atoms with Crippen molar-refractivity contribution in [2.45, 2.75) is 43.9 Å². The molecule has 1 heterocycles. The van der Waals surface area contributed by atoms with Gasteiger partial charge in [0, 0.05) is 11.3 Å². The molecule has 100 valence electrons. The molecule has 1 N–H and O–H groups in total. The number of aromatic nitrogens is 2. The van der Waals surface area contributed by atoms with Crippen molar-refractivity contribution in [2.24, 2.45) is 0 Å². The number of nitrogens with zero attached hydrogens (tertiary/aromatic N) is 1. The molecule has 0 radical (unpaired) electrons. The molecule has 4 nitrogen and oxygen atoms in total. The number of rotatable bonds is 4. The van der Waals surface area contributed by atoms with Crippen LogP contribution in [0.25, 0.3) is 0 Å². The highest BCUT2D eigenvalue weighted by Gasteiger charge is 2.37. The summed E-state index contributed by atoms with van der Waals surface area (Å²) in [7, 11) is 0. The van der Waals surface area contributed by atoms with Gasteiger partial charge in [0.1, 0.15) is 5.15 Å². The Morgan fingerprint density at radius 2 is 2.11 bits per heavy atom. The van der Waals surface area contributed by atoms with Crippen LogP contribution in [-0.4, -0.2) is 20.6 Å². The van der Waals surface area contributed by atoms with Crippen molar-refractivity contribution < 1.29 is 0 Å². The van der Waals surface area contributed by atoms with Crippen LogP contribution in [-0.2, 0) is 13.0 Å². The minimum absolute atomic E-state index is 0.0513. The lowest BCUT2D eigenvalue weighted by Gasteiger charge is -2.40. The van der Waals surface area contributed by atoms with Gasteiger partial charge in [0.25, 0.3) is 5.56 Å². The Kier molecular flexibility index (Phi) is 3.92. The molecule has 6 heteroatoms. The number of halogens is 1. The molecule has 0 spiro atoms. The third-order valence-electron chi connectivity index (χ3n) is 3.73. The van der Waals surface area contributed by atoms with Gasteiger partial charge in [-0.05, 0) is 25.5 Å². The largest absolute Gasteiger partial charge is 0.329 e. The molecule has 1 fully saturated rings. The first-order valence-corrected chi connectivity index (χ1v) is 7.70. The summed E-state index contributed by atoms with van der Waals surface area (Å²) in [5.41, 5.74) is -0.152. The van der Waals surface area contributed by atoms with Gasteiger partial charge in [0.15, 0.2) is 0 Å². The van der Waals surface area contributed by atoms with Gasteiger partial charge in [-0.15, -0.1) is 0 Å². The monoisotopic (exact) mass is 288 g/mol. The van der Waals surface area contributed by atoms with Crippen LogP contribution in [0.5, 0.6) is 0 Å². The van der Waals surface area contributed by atoms with E-state index in [0.29, 0.717) is 18.5 Å². The molecule has 0 unspecified atom stereocenters. The van der Waals surface area contributed by atoms with Crippen molar-refractivity contribution in [1.29, 1.82) is 0 Å². The maximum Gasteiger partial charge on any atom is 0.329 e. The Morgan fingerprint density at radius 3 is 2.56 bits per heavy atom. The number of hydrogen-bond donors (Lipinski definition) is 1. The molecule has 1 saturated carbocycles. The van der Waals surface area contributed by atoms with E-state index in [4.69, 9.17) is 11.6 Å². The Labute approximate surface area is 115 Å². The second-order valence-electron chi connectivity index (χ2n) is 4.71. The van der Waals surface area contributed by atoms with E-state index in [2.05, 4.69) is 4.98 Å². The highest BCUT2D eigenvalue weighted by Crippen LogP contribution is 2.43. The molecule has 0 atom stereocenters. The molecule has 0 aliphatic heterocycles. The summed E-state index contributed by atoms with van der Waals surface area (Å²) in [4.78, 5) is 26.7. The molecule has 18 heavy (non-hydrogen) atoms. The molecular weight excluding hydrogens is 272 g/mol. The van der Waals surface area contributed by atoms with Crippen molar-refractivity contribution >= 4 is 23.4 Å². The smallest absolute Gasteiger partial charge is 0.297 e. The second-order valence-corrected chi connectivity index (χ2v) is 6.36. The molecule has 0 amide bonds. The van der Waals surface area contributed by atoms with Crippen LogP contribution in [0, 0.1) is 0 Å². The lowest BCUT2D eigenvalue weighted by atomic mass is 9.84. The predicted molar refractivity (Wildman–Crippen MR) is 75.8 cm³/mol. The fraction of sp³-hybridized carbons (Fsp3) is 0.667. The lowest BCUT2D eigenvalue weighted by molar-refractivity contribution is 0.313. The average molecular weight is 289 g/mol. The number of H-pyrrole nitrogens is 1. The van der Waals surface area contributed by atoms with Crippen LogP contribution < -0.4 is 11.2 Å². The van der Waals surface area contributed by atoms with Gasteiger partial charge < -0.3 is 0 Å². The topological polar surface area (TPSA) is 54.9 Å².